The molecule has 0 unspecified atom stereocenters. The second kappa shape index (κ2) is 5.07. The maximum Gasteiger partial charge on any atom is 0.0939 e. The molecule has 0 spiro atoms. The Morgan fingerprint density at radius 2 is 2.25 bits per heavy atom. The molecule has 0 N–H and O–H groups in total. The quantitative estimate of drug-likeness (QED) is 0.601. The monoisotopic (exact) mass is 184 g/mol. The molecule has 0 aliphatic carbocycles. The molecule has 0 bridgehead atoms. The van der Waals surface area contributed by atoms with Crippen LogP contribution < -0.4 is 0 Å². The lowest BCUT2D eigenvalue weighted by atomic mass is 10.4. The number of rotatable bonds is 2. The maximum atomic E-state index is 8.50. The zero-order valence-electron chi connectivity index (χ0n) is 7.12. The Morgan fingerprint density at radius 3 is 2.75 bits per heavy atom. The number of allylic oxidation sites excluding steroid dienone is 1. The van der Waals surface area contributed by atoms with Crippen LogP contribution in [-0.2, 0) is 4.74 Å². The number of nitrogens with zero attached hydrogens (tertiary/aromatic N) is 2. The first kappa shape index (κ1) is 9.43. The smallest absolute Gasteiger partial charge is 0.0939 e. The second-order valence-electron chi connectivity index (χ2n) is 2.42. The minimum Gasteiger partial charge on any atom is -0.378 e. The van der Waals surface area contributed by atoms with E-state index in [1.165, 1.54) is 0 Å². The lowest BCUT2D eigenvalue weighted by Gasteiger charge is -2.29. The summed E-state index contributed by atoms with van der Waals surface area (Å²) in [5, 5.41) is 9.54. The van der Waals surface area contributed by atoms with Gasteiger partial charge in [-0.25, -0.2) is 0 Å². The van der Waals surface area contributed by atoms with E-state index in [1.807, 2.05) is 6.26 Å². The van der Waals surface area contributed by atoms with E-state index in [9.17, 15) is 0 Å². The van der Waals surface area contributed by atoms with Crippen LogP contribution in [0.15, 0.2) is 11.1 Å². The molecule has 1 aliphatic rings. The Bertz CT molecular complexity index is 204. The van der Waals surface area contributed by atoms with Crippen molar-refractivity contribution < 1.29 is 4.74 Å². The first-order chi connectivity index (χ1) is 5.88. The summed E-state index contributed by atoms with van der Waals surface area (Å²) >= 11 is 1.61. The number of nitriles is 1. The third kappa shape index (κ3) is 2.43. The van der Waals surface area contributed by atoms with E-state index in [2.05, 4.69) is 11.0 Å². The van der Waals surface area contributed by atoms with E-state index < -0.39 is 0 Å². The summed E-state index contributed by atoms with van der Waals surface area (Å²) in [5.41, 5.74) is 0. The molecule has 0 aromatic carbocycles. The van der Waals surface area contributed by atoms with Crippen LogP contribution in [0.4, 0.5) is 0 Å². The first-order valence-electron chi connectivity index (χ1n) is 3.85. The second-order valence-corrected chi connectivity index (χ2v) is 3.24. The van der Waals surface area contributed by atoms with Gasteiger partial charge in [-0.3, -0.25) is 0 Å². The topological polar surface area (TPSA) is 36.3 Å². The van der Waals surface area contributed by atoms with Crippen molar-refractivity contribution in [1.82, 2.24) is 4.90 Å². The van der Waals surface area contributed by atoms with E-state index in [1.54, 1.807) is 17.8 Å². The van der Waals surface area contributed by atoms with Crippen LogP contribution in [-0.4, -0.2) is 37.5 Å². The summed E-state index contributed by atoms with van der Waals surface area (Å²) in [6.45, 7) is 3.33. The molecule has 0 atom stereocenters. The van der Waals surface area contributed by atoms with Gasteiger partial charge in [0.15, 0.2) is 0 Å². The molecular weight excluding hydrogens is 172 g/mol. The Labute approximate surface area is 77.0 Å². The highest BCUT2D eigenvalue weighted by Crippen LogP contribution is 2.17. The van der Waals surface area contributed by atoms with Crippen molar-refractivity contribution in [1.29, 1.82) is 5.26 Å². The third-order valence-electron chi connectivity index (χ3n) is 1.72. The molecule has 1 fully saturated rings. The van der Waals surface area contributed by atoms with Gasteiger partial charge in [-0.05, 0) is 6.26 Å². The fourth-order valence-corrected chi connectivity index (χ4v) is 1.73. The van der Waals surface area contributed by atoms with Crippen molar-refractivity contribution in [2.75, 3.05) is 32.6 Å². The van der Waals surface area contributed by atoms with Gasteiger partial charge in [0.2, 0.25) is 0 Å². The standard InChI is InChI=1S/C8H12N2OS/c1-12-8(2-3-9)10-4-6-11-7-5-10/h2H,4-7H2,1H3/b8-2+. The lowest BCUT2D eigenvalue weighted by Crippen LogP contribution is -2.34. The molecule has 1 rings (SSSR count). The Kier molecular flexibility index (Phi) is 3.98. The molecule has 1 heterocycles. The zero-order valence-corrected chi connectivity index (χ0v) is 7.93. The molecule has 4 heteroatoms. The minimum atomic E-state index is 0.767. The predicted molar refractivity (Wildman–Crippen MR) is 49.6 cm³/mol. The van der Waals surface area contributed by atoms with Crippen LogP contribution in [0.25, 0.3) is 0 Å². The maximum absolute atomic E-state index is 8.50. The van der Waals surface area contributed by atoms with E-state index in [0.29, 0.717) is 0 Å². The fraction of sp³-hybridized carbons (Fsp3) is 0.625. The van der Waals surface area contributed by atoms with Crippen molar-refractivity contribution >= 4 is 11.8 Å². The van der Waals surface area contributed by atoms with Gasteiger partial charge >= 0.3 is 0 Å². The van der Waals surface area contributed by atoms with E-state index >= 15 is 0 Å². The highest BCUT2D eigenvalue weighted by atomic mass is 32.2. The summed E-state index contributed by atoms with van der Waals surface area (Å²) in [4.78, 5) is 2.18. The van der Waals surface area contributed by atoms with Gasteiger partial charge < -0.3 is 9.64 Å². The third-order valence-corrected chi connectivity index (χ3v) is 2.51. The molecule has 1 saturated heterocycles. The molecule has 0 aromatic rings. The Balaban J connectivity index is 2.53. The van der Waals surface area contributed by atoms with Gasteiger partial charge in [0, 0.05) is 19.2 Å². The van der Waals surface area contributed by atoms with Crippen LogP contribution in [0.2, 0.25) is 0 Å². The van der Waals surface area contributed by atoms with Crippen molar-refractivity contribution in [2.24, 2.45) is 0 Å². The van der Waals surface area contributed by atoms with Crippen molar-refractivity contribution in [3.63, 3.8) is 0 Å². The summed E-state index contributed by atoms with van der Waals surface area (Å²) in [6, 6.07) is 2.05. The van der Waals surface area contributed by atoms with Crippen LogP contribution in [0.3, 0.4) is 0 Å². The highest BCUT2D eigenvalue weighted by molar-refractivity contribution is 8.02. The lowest BCUT2D eigenvalue weighted by molar-refractivity contribution is 0.0577. The average Bonchev–Trinajstić information content (AvgIpc) is 2.15. The van der Waals surface area contributed by atoms with Gasteiger partial charge in [-0.2, -0.15) is 5.26 Å². The SMILES string of the molecule is CS/C(=C/C#N)N1CCOCC1. The molecule has 0 aromatic heterocycles. The van der Waals surface area contributed by atoms with Gasteiger partial charge in [0.1, 0.15) is 0 Å². The summed E-state index contributed by atoms with van der Waals surface area (Å²) in [6.07, 6.45) is 3.58. The van der Waals surface area contributed by atoms with Gasteiger partial charge in [0.25, 0.3) is 0 Å². The summed E-state index contributed by atoms with van der Waals surface area (Å²) < 4.78 is 5.21. The molecule has 12 heavy (non-hydrogen) atoms. The average molecular weight is 184 g/mol. The number of ether oxygens (including phenoxy) is 1. The van der Waals surface area contributed by atoms with Crippen LogP contribution in [0, 0.1) is 11.3 Å². The summed E-state index contributed by atoms with van der Waals surface area (Å²) in [7, 11) is 0. The first-order valence-corrected chi connectivity index (χ1v) is 5.07. The van der Waals surface area contributed by atoms with Crippen LogP contribution in [0.1, 0.15) is 0 Å². The van der Waals surface area contributed by atoms with Crippen molar-refractivity contribution in [2.45, 2.75) is 0 Å². The number of hydrogen-bond donors (Lipinski definition) is 0. The van der Waals surface area contributed by atoms with Crippen molar-refractivity contribution in [3.8, 4) is 6.07 Å². The van der Waals surface area contributed by atoms with Crippen LogP contribution >= 0.6 is 11.8 Å². The molecule has 0 saturated carbocycles. The predicted octanol–water partition coefficient (Wildman–Crippen LogP) is 1.05. The van der Waals surface area contributed by atoms with Crippen LogP contribution in [0.5, 0.6) is 0 Å². The number of thioether (sulfide) groups is 1. The Morgan fingerprint density at radius 1 is 1.58 bits per heavy atom. The van der Waals surface area contributed by atoms with Gasteiger partial charge in [-0.1, -0.05) is 0 Å². The number of hydrogen-bond acceptors (Lipinski definition) is 4. The highest BCUT2D eigenvalue weighted by Gasteiger charge is 2.12. The number of morpholine rings is 1. The summed E-state index contributed by atoms with van der Waals surface area (Å²) in [5.74, 6) is 0. The van der Waals surface area contributed by atoms with Gasteiger partial charge in [0.05, 0.1) is 24.3 Å². The van der Waals surface area contributed by atoms with E-state index in [0.717, 1.165) is 31.3 Å². The minimum absolute atomic E-state index is 0.767. The van der Waals surface area contributed by atoms with E-state index in [-0.39, 0.29) is 0 Å². The van der Waals surface area contributed by atoms with Gasteiger partial charge in [-0.15, -0.1) is 11.8 Å². The molecule has 0 radical (unpaired) electrons. The zero-order chi connectivity index (χ0) is 8.81. The largest absolute Gasteiger partial charge is 0.378 e. The molecular formula is C8H12N2OS. The Hall–Kier alpha value is -0.660. The normalized spacial score (nSPS) is 19.0. The van der Waals surface area contributed by atoms with Crippen molar-refractivity contribution in [3.05, 3.63) is 11.1 Å². The molecule has 66 valence electrons. The fourth-order valence-electron chi connectivity index (χ4n) is 1.12. The molecule has 0 amide bonds. The molecule has 1 aliphatic heterocycles. The molecule has 3 nitrogen and oxygen atoms in total. The van der Waals surface area contributed by atoms with E-state index in [4.69, 9.17) is 10.00 Å².